The van der Waals surface area contributed by atoms with Crippen LogP contribution < -0.4 is 0 Å². The predicted molar refractivity (Wildman–Crippen MR) is 325 cm³/mol. The van der Waals surface area contributed by atoms with Crippen LogP contribution in [0, 0.1) is 0 Å². The Hall–Kier alpha value is 6.21. The molecule has 0 aliphatic heterocycles. The third-order valence-corrected chi connectivity index (χ3v) is 19.0. The van der Waals surface area contributed by atoms with Crippen LogP contribution in [-0.4, -0.2) is 79.3 Å². The van der Waals surface area contributed by atoms with Gasteiger partial charge in [-0.1, -0.05) is 154 Å². The number of rotatable bonds is 36. The van der Waals surface area contributed by atoms with Gasteiger partial charge < -0.3 is 128 Å². The Morgan fingerprint density at radius 2 is 0.269 bits per heavy atom. The minimum Gasteiger partial charge on any atom is -0.691 e. The van der Waals surface area contributed by atoms with E-state index in [2.05, 4.69) is 0 Å². The molecule has 0 radical (unpaired) electrons. The van der Waals surface area contributed by atoms with E-state index in [0.717, 1.165) is 77.0 Å². The van der Waals surface area contributed by atoms with Gasteiger partial charge in [0.15, 0.2) is 0 Å². The number of hydrogen-bond acceptors (Lipinski definition) is 24. The molecule has 414 valence electrons. The summed E-state index contributed by atoms with van der Waals surface area (Å²) in [4.78, 5) is 0. The normalized spacial score (nSPS) is 11.7. The van der Waals surface area contributed by atoms with Crippen molar-refractivity contribution in [1.29, 1.82) is 0 Å². The van der Waals surface area contributed by atoms with E-state index in [1.54, 1.807) is 0 Å². The maximum Gasteiger partial charge on any atom is 0.0563 e. The molecular formula is C36H84MoO12P6S12-6. The molecule has 0 aromatic rings. The molecule has 0 bridgehead atoms. The van der Waals surface area contributed by atoms with Crippen LogP contribution in [-0.2, 0) is 220 Å². The van der Waals surface area contributed by atoms with E-state index in [0.29, 0.717) is 79.3 Å². The van der Waals surface area contributed by atoms with Gasteiger partial charge in [-0.05, 0) is 77.0 Å². The van der Waals surface area contributed by atoms with Gasteiger partial charge >= 0.3 is 0 Å². The van der Waals surface area contributed by atoms with Crippen LogP contribution in [0.2, 0.25) is 0 Å². The summed E-state index contributed by atoms with van der Waals surface area (Å²) in [6, 6.07) is 0. The van der Waals surface area contributed by atoms with Crippen LogP contribution in [0.1, 0.15) is 160 Å². The second kappa shape index (κ2) is 59.9. The molecule has 31 heteroatoms. The molecule has 0 saturated heterocycles. The van der Waals surface area contributed by atoms with Crippen molar-refractivity contribution in [3.05, 3.63) is 0 Å². The van der Waals surface area contributed by atoms with Crippen molar-refractivity contribution < 1.29 is 75.4 Å². The molecule has 0 spiro atoms. The molecule has 0 aliphatic rings. The molecule has 12 nitrogen and oxygen atoms in total. The van der Waals surface area contributed by atoms with Crippen LogP contribution in [0.4, 0.5) is 0 Å². The third-order valence-electron chi connectivity index (χ3n) is 5.44. The molecule has 0 fully saturated rings. The zero-order valence-corrected chi connectivity index (χ0v) is 59.0. The molecular weight excluding hydrogens is 1290 g/mol. The summed E-state index contributed by atoms with van der Waals surface area (Å²) in [5, 5.41) is 0. The van der Waals surface area contributed by atoms with E-state index in [9.17, 15) is 0 Å². The first kappa shape index (κ1) is 87.1. The van der Waals surface area contributed by atoms with Crippen molar-refractivity contribution >= 4 is 178 Å². The summed E-state index contributed by atoms with van der Waals surface area (Å²) in [5.74, 6) is 0. The molecule has 0 atom stereocenters. The minimum atomic E-state index is -2.31. The SMILES string of the molecule is CCCOP(=S)([S-])OCCC.CCCOP(=S)([S-])OCCC.CCCOP(=S)([S-])OCCC.CCCOP(=S)([S-])OCCC.CCCOP(=S)([S-])OCCC.CCCOP(=S)([S-])OCCC.[Mo]. The van der Waals surface area contributed by atoms with Gasteiger partial charge in [0.25, 0.3) is 0 Å². The largest absolute Gasteiger partial charge is 0.691 e. The maximum absolute atomic E-state index is 5.20. The Morgan fingerprint density at radius 3 is 0.313 bits per heavy atom. The molecule has 0 aromatic carbocycles. The number of hydrogen-bond donors (Lipinski definition) is 0. The zero-order chi connectivity index (χ0) is 52.5. The summed E-state index contributed by atoms with van der Waals surface area (Å²) in [6.45, 7) is 31.6. The van der Waals surface area contributed by atoms with Gasteiger partial charge in [-0.3, -0.25) is 0 Å². The molecule has 0 amide bonds. The smallest absolute Gasteiger partial charge is 0.0563 e. The molecule has 0 unspecified atom stereocenters. The van der Waals surface area contributed by atoms with Gasteiger partial charge in [0.2, 0.25) is 0 Å². The molecule has 0 aromatic heterocycles. The molecule has 0 rings (SSSR count). The molecule has 0 N–H and O–H groups in total. The topological polar surface area (TPSA) is 111 Å². The van der Waals surface area contributed by atoms with Crippen LogP contribution in [0.25, 0.3) is 0 Å². The second-order valence-electron chi connectivity index (χ2n) is 12.7. The first-order chi connectivity index (χ1) is 30.7. The van der Waals surface area contributed by atoms with Crippen molar-refractivity contribution in [2.75, 3.05) is 79.3 Å². The summed E-state index contributed by atoms with van der Waals surface area (Å²) in [7, 11) is 0. The molecule has 67 heavy (non-hydrogen) atoms. The Morgan fingerprint density at radius 1 is 0.209 bits per heavy atom. The van der Waals surface area contributed by atoms with Gasteiger partial charge in [0.1, 0.15) is 0 Å². The van der Waals surface area contributed by atoms with E-state index in [-0.39, 0.29) is 21.1 Å². The van der Waals surface area contributed by atoms with Crippen LogP contribution in [0.5, 0.6) is 0 Å². The Bertz CT molecular complexity index is 1030. The van der Waals surface area contributed by atoms with Crippen LogP contribution >= 0.6 is 34.2 Å². The van der Waals surface area contributed by atoms with Gasteiger partial charge in [-0.25, -0.2) is 0 Å². The monoisotopic (exact) mass is 1380 g/mol. The minimum absolute atomic E-state index is 0. The van der Waals surface area contributed by atoms with Crippen LogP contribution in [0.15, 0.2) is 0 Å². The van der Waals surface area contributed by atoms with E-state index >= 15 is 0 Å². The van der Waals surface area contributed by atoms with Gasteiger partial charge in [0, 0.05) is 21.1 Å². The quantitative estimate of drug-likeness (QED) is 0.0337. The zero-order valence-electron chi connectivity index (χ0n) is 41.9. The van der Waals surface area contributed by atoms with Gasteiger partial charge in [-0.2, -0.15) is 0 Å². The van der Waals surface area contributed by atoms with E-state index < -0.39 is 34.2 Å². The van der Waals surface area contributed by atoms with Crippen LogP contribution in [0.3, 0.4) is 0 Å². The summed E-state index contributed by atoms with van der Waals surface area (Å²) >= 11 is 59.5. The van der Waals surface area contributed by atoms with Crippen molar-refractivity contribution in [2.45, 2.75) is 160 Å². The Balaban J connectivity index is -0.000000129. The Kier molecular flexibility index (Phi) is 77.8. The predicted octanol–water partition coefficient (Wildman–Crippen LogP) is 15.7. The maximum atomic E-state index is 5.20. The second-order valence-corrected chi connectivity index (χ2v) is 42.6. The molecule has 0 heterocycles. The van der Waals surface area contributed by atoms with Gasteiger partial charge in [-0.15, -0.1) is 0 Å². The standard InChI is InChI=1S/6C6H15O2PS2.Mo/c6*1-3-5-7-9(10,11)8-6-4-2;/h6*3-6H2,1-2H3,(H,10,11);/p-6. The average Bonchev–Trinajstić information content (AvgIpc) is 3.27. The molecule has 0 aliphatic carbocycles. The van der Waals surface area contributed by atoms with E-state index in [1.165, 1.54) is 0 Å². The van der Waals surface area contributed by atoms with Crippen molar-refractivity contribution in [3.8, 4) is 0 Å². The fraction of sp³-hybridized carbons (Fsp3) is 1.00. The molecule has 0 saturated carbocycles. The summed E-state index contributed by atoms with van der Waals surface area (Å²) < 4.78 is 62.4. The summed E-state index contributed by atoms with van der Waals surface area (Å²) in [5.41, 5.74) is -13.9. The van der Waals surface area contributed by atoms with E-state index in [1.807, 2.05) is 83.1 Å². The van der Waals surface area contributed by atoms with Crippen molar-refractivity contribution in [2.24, 2.45) is 0 Å². The van der Waals surface area contributed by atoms with Crippen molar-refractivity contribution in [1.82, 2.24) is 0 Å². The fourth-order valence-electron chi connectivity index (χ4n) is 2.66. The average molecular weight is 1380 g/mol. The fourth-order valence-corrected chi connectivity index (χ4v) is 13.3. The first-order valence-electron chi connectivity index (χ1n) is 22.3. The summed E-state index contributed by atoms with van der Waals surface area (Å²) in [6.07, 6.45) is 11.2. The van der Waals surface area contributed by atoms with Gasteiger partial charge in [0.05, 0.1) is 113 Å². The Labute approximate surface area is 487 Å². The first-order valence-corrected chi connectivity index (χ1v) is 44.2. The van der Waals surface area contributed by atoms with Crippen molar-refractivity contribution in [3.63, 3.8) is 0 Å². The third kappa shape index (κ3) is 81.2. The van der Waals surface area contributed by atoms with E-state index in [4.69, 9.17) is 199 Å².